The van der Waals surface area contributed by atoms with Crippen molar-refractivity contribution in [3.8, 4) is 11.5 Å². The molecule has 0 bridgehead atoms. The van der Waals surface area contributed by atoms with E-state index < -0.39 is 12.3 Å². The van der Waals surface area contributed by atoms with Crippen molar-refractivity contribution in [3.05, 3.63) is 60.0 Å². The van der Waals surface area contributed by atoms with Crippen molar-refractivity contribution < 1.29 is 17.6 Å². The molecular formula is C15H11F3N4O. The number of benzene rings is 1. The Kier molecular flexibility index (Phi) is 4.22. The summed E-state index contributed by atoms with van der Waals surface area (Å²) in [4.78, 5) is 4.18. The van der Waals surface area contributed by atoms with E-state index in [2.05, 4.69) is 20.5 Å². The number of rotatable bonds is 5. The molecule has 3 rings (SSSR count). The van der Waals surface area contributed by atoms with Crippen LogP contribution >= 0.6 is 0 Å². The molecule has 0 fully saturated rings. The predicted molar refractivity (Wildman–Crippen MR) is 76.2 cm³/mol. The molecule has 1 N–H and O–H groups in total. The highest BCUT2D eigenvalue weighted by molar-refractivity contribution is 5.51. The molecule has 23 heavy (non-hydrogen) atoms. The van der Waals surface area contributed by atoms with Crippen molar-refractivity contribution in [3.63, 3.8) is 0 Å². The van der Waals surface area contributed by atoms with Gasteiger partial charge >= 0.3 is 6.43 Å². The first kappa shape index (κ1) is 15.0. The number of aromatic nitrogens is 3. The van der Waals surface area contributed by atoms with Gasteiger partial charge in [0.15, 0.2) is 0 Å². The molecule has 0 aliphatic carbocycles. The maximum Gasteiger partial charge on any atom is 0.314 e. The number of nitrogens with one attached hydrogen (secondary N) is 1. The molecule has 0 saturated heterocycles. The van der Waals surface area contributed by atoms with Gasteiger partial charge in [0.2, 0.25) is 5.89 Å². The van der Waals surface area contributed by atoms with Crippen LogP contribution in [0.2, 0.25) is 0 Å². The Labute approximate surface area is 129 Å². The van der Waals surface area contributed by atoms with Crippen LogP contribution in [0.5, 0.6) is 0 Å². The van der Waals surface area contributed by atoms with Gasteiger partial charge in [0.05, 0.1) is 17.8 Å². The monoisotopic (exact) mass is 320 g/mol. The zero-order chi connectivity index (χ0) is 16.2. The largest absolute Gasteiger partial charge is 0.415 e. The molecule has 8 heteroatoms. The van der Waals surface area contributed by atoms with Crippen molar-refractivity contribution in [1.82, 2.24) is 15.2 Å². The quantitative estimate of drug-likeness (QED) is 0.774. The lowest BCUT2D eigenvalue weighted by Gasteiger charge is -2.06. The van der Waals surface area contributed by atoms with Crippen molar-refractivity contribution in [2.45, 2.75) is 13.0 Å². The summed E-state index contributed by atoms with van der Waals surface area (Å²) < 4.78 is 42.7. The summed E-state index contributed by atoms with van der Waals surface area (Å²) in [7, 11) is 0. The second kappa shape index (κ2) is 6.47. The van der Waals surface area contributed by atoms with Gasteiger partial charge in [-0.25, -0.2) is 4.39 Å². The Hall–Kier alpha value is -2.90. The molecule has 2 aromatic heterocycles. The Morgan fingerprint density at radius 2 is 2.00 bits per heavy atom. The maximum absolute atomic E-state index is 13.1. The van der Waals surface area contributed by atoms with E-state index in [1.54, 1.807) is 24.3 Å². The maximum atomic E-state index is 13.1. The highest BCUT2D eigenvalue weighted by atomic mass is 19.3. The van der Waals surface area contributed by atoms with E-state index in [4.69, 9.17) is 4.42 Å². The molecule has 0 spiro atoms. The molecule has 0 aliphatic rings. The minimum absolute atomic E-state index is 0.0163. The minimum Gasteiger partial charge on any atom is -0.415 e. The minimum atomic E-state index is -2.81. The number of anilines is 1. The summed E-state index contributed by atoms with van der Waals surface area (Å²) in [5.41, 5.74) is 1.76. The van der Waals surface area contributed by atoms with Gasteiger partial charge < -0.3 is 9.73 Å². The molecule has 0 radical (unpaired) electrons. The number of alkyl halides is 2. The summed E-state index contributed by atoms with van der Waals surface area (Å²) in [6, 6.07) is 9.40. The Bertz CT molecular complexity index is 789. The third-order valence-electron chi connectivity index (χ3n) is 3.00. The normalized spacial score (nSPS) is 11.0. The van der Waals surface area contributed by atoms with Gasteiger partial charge in [0.25, 0.3) is 5.89 Å². The first-order valence-electron chi connectivity index (χ1n) is 6.68. The molecule has 0 atom stereocenters. The first-order chi connectivity index (χ1) is 11.1. The summed E-state index contributed by atoms with van der Waals surface area (Å²) >= 11 is 0. The zero-order valence-electron chi connectivity index (χ0n) is 11.7. The zero-order valence-corrected chi connectivity index (χ0v) is 11.7. The average Bonchev–Trinajstić information content (AvgIpc) is 3.04. The fourth-order valence-electron chi connectivity index (χ4n) is 1.89. The van der Waals surface area contributed by atoms with Crippen LogP contribution in [0.15, 0.2) is 47.0 Å². The molecule has 2 heterocycles. The predicted octanol–water partition coefficient (Wildman–Crippen LogP) is 3.82. The number of halogens is 3. The lowest BCUT2D eigenvalue weighted by Crippen LogP contribution is -2.01. The van der Waals surface area contributed by atoms with Crippen LogP contribution in [-0.2, 0) is 6.54 Å². The van der Waals surface area contributed by atoms with Crippen molar-refractivity contribution in [2.75, 3.05) is 5.32 Å². The number of hydrogen-bond donors (Lipinski definition) is 1. The van der Waals surface area contributed by atoms with Gasteiger partial charge in [0, 0.05) is 11.9 Å². The van der Waals surface area contributed by atoms with E-state index >= 15 is 0 Å². The van der Waals surface area contributed by atoms with E-state index in [0.29, 0.717) is 23.5 Å². The van der Waals surface area contributed by atoms with Crippen molar-refractivity contribution >= 4 is 5.69 Å². The van der Waals surface area contributed by atoms with Gasteiger partial charge in [-0.1, -0.05) is 6.07 Å². The Balaban J connectivity index is 1.67. The van der Waals surface area contributed by atoms with Crippen LogP contribution in [0.25, 0.3) is 11.5 Å². The molecule has 1 aromatic carbocycles. The second-order valence-corrected chi connectivity index (χ2v) is 4.65. The Morgan fingerprint density at radius 1 is 1.13 bits per heavy atom. The third kappa shape index (κ3) is 3.65. The van der Waals surface area contributed by atoms with E-state index in [0.717, 1.165) is 0 Å². The highest BCUT2D eigenvalue weighted by Gasteiger charge is 2.17. The number of pyridine rings is 1. The summed E-state index contributed by atoms with van der Waals surface area (Å²) in [5, 5.41) is 9.83. The lowest BCUT2D eigenvalue weighted by atomic mass is 10.2. The third-order valence-corrected chi connectivity index (χ3v) is 3.00. The fraction of sp³-hybridized carbons (Fsp3) is 0.133. The van der Waals surface area contributed by atoms with Crippen LogP contribution < -0.4 is 5.32 Å². The summed E-state index contributed by atoms with van der Waals surface area (Å²) in [5.74, 6) is -1.07. The molecule has 0 saturated carbocycles. The molecule has 118 valence electrons. The van der Waals surface area contributed by atoms with Gasteiger partial charge in [-0.05, 0) is 30.3 Å². The smallest absolute Gasteiger partial charge is 0.314 e. The van der Waals surface area contributed by atoms with Crippen LogP contribution in [-0.4, -0.2) is 15.2 Å². The van der Waals surface area contributed by atoms with E-state index in [1.165, 1.54) is 18.3 Å². The molecule has 5 nitrogen and oxygen atoms in total. The average molecular weight is 320 g/mol. The van der Waals surface area contributed by atoms with Crippen molar-refractivity contribution in [2.24, 2.45) is 0 Å². The summed E-state index contributed by atoms with van der Waals surface area (Å²) in [6.45, 7) is 0.385. The molecule has 0 aliphatic heterocycles. The number of hydrogen-bond acceptors (Lipinski definition) is 5. The standard InChI is InChI=1S/C15H11F3N4O/c16-10-2-1-3-11(6-10)20-8-12-5-4-9(7-19-12)14-21-22-15(23-14)13(17)18/h1-7,13,20H,8H2. The molecular weight excluding hydrogens is 309 g/mol. The van der Waals surface area contributed by atoms with Gasteiger partial charge in [-0.15, -0.1) is 10.2 Å². The summed E-state index contributed by atoms with van der Waals surface area (Å²) in [6.07, 6.45) is -1.36. The first-order valence-corrected chi connectivity index (χ1v) is 6.68. The van der Waals surface area contributed by atoms with Crippen LogP contribution in [0.1, 0.15) is 18.0 Å². The van der Waals surface area contributed by atoms with Gasteiger partial charge in [-0.2, -0.15) is 8.78 Å². The van der Waals surface area contributed by atoms with Crippen molar-refractivity contribution in [1.29, 1.82) is 0 Å². The molecule has 0 unspecified atom stereocenters. The lowest BCUT2D eigenvalue weighted by molar-refractivity contribution is 0.116. The topological polar surface area (TPSA) is 63.8 Å². The highest BCUT2D eigenvalue weighted by Crippen LogP contribution is 2.22. The second-order valence-electron chi connectivity index (χ2n) is 4.65. The number of nitrogens with zero attached hydrogens (tertiary/aromatic N) is 3. The van der Waals surface area contributed by atoms with Crippen LogP contribution in [0.3, 0.4) is 0 Å². The van der Waals surface area contributed by atoms with Gasteiger partial charge in [0.1, 0.15) is 5.82 Å². The molecule has 3 aromatic rings. The SMILES string of the molecule is Fc1cccc(NCc2ccc(-c3nnc(C(F)F)o3)cn2)c1. The van der Waals surface area contributed by atoms with E-state index in [9.17, 15) is 13.2 Å². The van der Waals surface area contributed by atoms with E-state index in [1.807, 2.05) is 0 Å². The van der Waals surface area contributed by atoms with Gasteiger partial charge in [-0.3, -0.25) is 4.98 Å². The fourth-order valence-corrected chi connectivity index (χ4v) is 1.89. The van der Waals surface area contributed by atoms with Crippen LogP contribution in [0, 0.1) is 5.82 Å². The molecule has 0 amide bonds. The Morgan fingerprint density at radius 3 is 2.65 bits per heavy atom. The van der Waals surface area contributed by atoms with Crippen LogP contribution in [0.4, 0.5) is 18.9 Å². The van der Waals surface area contributed by atoms with E-state index in [-0.39, 0.29) is 11.7 Å².